The molecule has 4 amide bonds. The number of carbonyl (C=O) groups excluding carboxylic acids is 4. The van der Waals surface area contributed by atoms with E-state index in [0.717, 1.165) is 47.2 Å². The summed E-state index contributed by atoms with van der Waals surface area (Å²) in [6.07, 6.45) is 2.97. The zero-order valence-corrected chi connectivity index (χ0v) is 44.1. The molecule has 0 radical (unpaired) electrons. The SMILES string of the molecule is CCC[C@@H](N(NC(=O)c1ccc(B(O)O)c(F)c1)C(=O)c1cc(C)cc(C)c1)C(C)(C)C.CCC[C@@H](N(NC(=O)c1ccc(B2OC(C)(C)C(C)(C)O2)c(F)c1)C(=O)c1cc(C)cc(C)c1)C(C)(C)C. The lowest BCUT2D eigenvalue weighted by atomic mass is 9.78. The Morgan fingerprint density at radius 2 is 0.957 bits per heavy atom. The average molecular weight is 967 g/mol. The van der Waals surface area contributed by atoms with Crippen LogP contribution in [0.4, 0.5) is 8.78 Å². The third kappa shape index (κ3) is 14.1. The predicted molar refractivity (Wildman–Crippen MR) is 274 cm³/mol. The highest BCUT2D eigenvalue weighted by molar-refractivity contribution is 6.62. The maximum Gasteiger partial charge on any atom is 0.497 e. The molecule has 0 aromatic heterocycles. The molecule has 12 nitrogen and oxygen atoms in total. The molecule has 70 heavy (non-hydrogen) atoms. The third-order valence-electron chi connectivity index (χ3n) is 12.9. The Morgan fingerprint density at radius 3 is 1.27 bits per heavy atom. The first kappa shape index (κ1) is 57.2. The van der Waals surface area contributed by atoms with E-state index in [1.54, 1.807) is 12.1 Å². The van der Waals surface area contributed by atoms with Gasteiger partial charge in [-0.2, -0.15) is 0 Å². The Hall–Kier alpha value is -5.41. The van der Waals surface area contributed by atoms with Crippen LogP contribution in [0.2, 0.25) is 0 Å². The minimum Gasteiger partial charge on any atom is -0.423 e. The van der Waals surface area contributed by atoms with E-state index in [4.69, 9.17) is 9.31 Å². The van der Waals surface area contributed by atoms with E-state index in [0.29, 0.717) is 24.0 Å². The Morgan fingerprint density at radius 1 is 0.600 bits per heavy atom. The molecule has 1 fully saturated rings. The number of benzene rings is 4. The van der Waals surface area contributed by atoms with Crippen molar-refractivity contribution in [3.63, 3.8) is 0 Å². The quantitative estimate of drug-likeness (QED) is 0.0811. The van der Waals surface area contributed by atoms with Gasteiger partial charge in [0.05, 0.1) is 23.3 Å². The van der Waals surface area contributed by atoms with Crippen molar-refractivity contribution >= 4 is 48.8 Å². The highest BCUT2D eigenvalue weighted by Crippen LogP contribution is 2.37. The summed E-state index contributed by atoms with van der Waals surface area (Å²) in [4.78, 5) is 53.8. The van der Waals surface area contributed by atoms with Crippen LogP contribution in [0.25, 0.3) is 0 Å². The summed E-state index contributed by atoms with van der Waals surface area (Å²) in [5, 5.41) is 21.2. The van der Waals surface area contributed by atoms with Gasteiger partial charge < -0.3 is 19.4 Å². The van der Waals surface area contributed by atoms with Gasteiger partial charge in [0, 0.05) is 33.2 Å². The van der Waals surface area contributed by atoms with Crippen molar-refractivity contribution in [2.24, 2.45) is 10.8 Å². The smallest absolute Gasteiger partial charge is 0.423 e. The highest BCUT2D eigenvalue weighted by atomic mass is 19.1. The van der Waals surface area contributed by atoms with Crippen LogP contribution in [0.15, 0.2) is 72.8 Å². The summed E-state index contributed by atoms with van der Waals surface area (Å²) in [5.74, 6) is -3.39. The van der Waals surface area contributed by atoms with E-state index in [1.807, 2.05) is 135 Å². The zero-order valence-electron chi connectivity index (χ0n) is 44.1. The molecule has 1 saturated heterocycles. The van der Waals surface area contributed by atoms with Crippen molar-refractivity contribution in [1.82, 2.24) is 20.9 Å². The minimum atomic E-state index is -1.98. The topological polar surface area (TPSA) is 158 Å². The highest BCUT2D eigenvalue weighted by Gasteiger charge is 2.52. The molecular formula is C54H74B2F2N4O8. The molecular weight excluding hydrogens is 892 g/mol. The van der Waals surface area contributed by atoms with Gasteiger partial charge in [-0.05, 0) is 128 Å². The number of hydrogen-bond acceptors (Lipinski definition) is 8. The molecule has 0 unspecified atom stereocenters. The Labute approximate surface area is 415 Å². The summed E-state index contributed by atoms with van der Waals surface area (Å²) in [5.41, 5.74) is 8.33. The van der Waals surface area contributed by atoms with Gasteiger partial charge in [-0.15, -0.1) is 0 Å². The Kier molecular flexibility index (Phi) is 18.6. The number of nitrogens with one attached hydrogen (secondary N) is 2. The molecule has 0 saturated carbocycles. The first-order valence-electron chi connectivity index (χ1n) is 24.1. The lowest BCUT2D eigenvalue weighted by Gasteiger charge is -2.40. The van der Waals surface area contributed by atoms with Crippen molar-refractivity contribution in [3.05, 3.63) is 129 Å². The molecule has 1 aliphatic heterocycles. The number of nitrogens with zero attached hydrogens (tertiary/aromatic N) is 2. The summed E-state index contributed by atoms with van der Waals surface area (Å²) in [6, 6.07) is 18.1. The molecule has 0 spiro atoms. The van der Waals surface area contributed by atoms with Gasteiger partial charge in [0.25, 0.3) is 23.6 Å². The summed E-state index contributed by atoms with van der Waals surface area (Å²) >= 11 is 0. The second-order valence-corrected chi connectivity index (χ2v) is 21.8. The Balaban J connectivity index is 0.000000309. The van der Waals surface area contributed by atoms with Crippen molar-refractivity contribution < 1.29 is 47.3 Å². The predicted octanol–water partition coefficient (Wildman–Crippen LogP) is 8.87. The molecule has 16 heteroatoms. The van der Waals surface area contributed by atoms with Crippen LogP contribution in [-0.2, 0) is 9.31 Å². The number of carbonyl (C=O) groups is 4. The fraction of sp³-hybridized carbons (Fsp3) is 0.481. The average Bonchev–Trinajstić information content (AvgIpc) is 3.46. The molecule has 0 aliphatic carbocycles. The van der Waals surface area contributed by atoms with E-state index in [-0.39, 0.29) is 56.8 Å². The molecule has 378 valence electrons. The lowest BCUT2D eigenvalue weighted by Crippen LogP contribution is -2.56. The van der Waals surface area contributed by atoms with E-state index in [9.17, 15) is 33.6 Å². The molecule has 0 bridgehead atoms. The molecule has 1 aliphatic rings. The number of rotatable bonds is 12. The van der Waals surface area contributed by atoms with E-state index in [2.05, 4.69) is 10.9 Å². The maximum atomic E-state index is 15.3. The maximum absolute atomic E-state index is 15.3. The van der Waals surface area contributed by atoms with Crippen molar-refractivity contribution in [2.45, 2.75) is 160 Å². The largest absolute Gasteiger partial charge is 0.497 e. The number of hydrazine groups is 2. The molecule has 5 rings (SSSR count). The normalized spacial score (nSPS) is 15.0. The van der Waals surface area contributed by atoms with Gasteiger partial charge in [-0.1, -0.05) is 115 Å². The fourth-order valence-corrected chi connectivity index (χ4v) is 8.52. The van der Waals surface area contributed by atoms with Gasteiger partial charge in [0.2, 0.25) is 0 Å². The van der Waals surface area contributed by atoms with Crippen molar-refractivity contribution in [1.29, 1.82) is 0 Å². The molecule has 2 atom stereocenters. The van der Waals surface area contributed by atoms with Gasteiger partial charge in [-0.3, -0.25) is 30.0 Å². The summed E-state index contributed by atoms with van der Waals surface area (Å²) in [7, 11) is -2.86. The summed E-state index contributed by atoms with van der Waals surface area (Å²) < 4.78 is 41.4. The van der Waals surface area contributed by atoms with Gasteiger partial charge in [-0.25, -0.2) is 18.8 Å². The van der Waals surface area contributed by atoms with Crippen molar-refractivity contribution in [2.75, 3.05) is 0 Å². The van der Waals surface area contributed by atoms with Gasteiger partial charge in [0.1, 0.15) is 11.6 Å². The van der Waals surface area contributed by atoms with Crippen LogP contribution in [0.3, 0.4) is 0 Å². The van der Waals surface area contributed by atoms with Crippen molar-refractivity contribution in [3.8, 4) is 0 Å². The van der Waals surface area contributed by atoms with E-state index < -0.39 is 48.9 Å². The minimum absolute atomic E-state index is 0.0331. The van der Waals surface area contributed by atoms with Crippen LogP contribution >= 0.6 is 0 Å². The number of aryl methyl sites for hydroxylation is 4. The Bertz CT molecular complexity index is 2480. The third-order valence-corrected chi connectivity index (χ3v) is 12.9. The molecule has 1 heterocycles. The zero-order chi connectivity index (χ0) is 52.8. The second kappa shape index (κ2) is 22.8. The van der Waals surface area contributed by atoms with E-state index in [1.165, 1.54) is 34.3 Å². The van der Waals surface area contributed by atoms with Crippen LogP contribution in [-0.4, -0.2) is 81.2 Å². The number of amides is 4. The number of halogens is 2. The van der Waals surface area contributed by atoms with Crippen LogP contribution < -0.4 is 21.8 Å². The number of hydrogen-bond donors (Lipinski definition) is 4. The fourth-order valence-electron chi connectivity index (χ4n) is 8.52. The van der Waals surface area contributed by atoms with Gasteiger partial charge in [0.15, 0.2) is 0 Å². The monoisotopic (exact) mass is 967 g/mol. The van der Waals surface area contributed by atoms with Gasteiger partial charge >= 0.3 is 14.2 Å². The lowest BCUT2D eigenvalue weighted by molar-refractivity contribution is 0.00578. The molecule has 4 N–H and O–H groups in total. The van der Waals surface area contributed by atoms with E-state index >= 15 is 4.39 Å². The second-order valence-electron chi connectivity index (χ2n) is 21.8. The summed E-state index contributed by atoms with van der Waals surface area (Å²) in [6.45, 7) is 31.4. The standard InChI is InChI=1S/C30H42BFN2O4.C24H32BFN2O4/c1-11-12-25(28(4,5)6)34(27(36)22-16-19(2)15-20(3)17-22)33-26(35)21-13-14-23(24(32)18-21)31-37-29(7,8)30(9,10)38-31;1-7-8-21(24(4,5)6)28(23(30)18-12-15(2)11-16(3)13-18)27-22(29)17-9-10-19(25(31)32)20(26)14-17/h13-18,25H,11-12H2,1-10H3,(H,33,35);9-14,21,31-32H,7-8H2,1-6H3,(H,27,29)/t25-;21-/m11/s1. The van der Waals surface area contributed by atoms with Crippen LogP contribution in [0.5, 0.6) is 0 Å². The molecule has 4 aromatic rings. The molecule has 4 aromatic carbocycles. The van der Waals surface area contributed by atoms with Crippen LogP contribution in [0.1, 0.15) is 172 Å². The van der Waals surface area contributed by atoms with Crippen LogP contribution in [0, 0.1) is 50.2 Å². The first-order chi connectivity index (χ1) is 32.3. The first-order valence-corrected chi connectivity index (χ1v) is 24.1.